The van der Waals surface area contributed by atoms with Crippen molar-refractivity contribution in [2.75, 3.05) is 6.61 Å². The van der Waals surface area contributed by atoms with E-state index in [9.17, 15) is 9.59 Å². The van der Waals surface area contributed by atoms with Crippen LogP contribution in [0.5, 0.6) is 5.75 Å². The first-order valence-electron chi connectivity index (χ1n) is 7.66. The molecule has 0 fully saturated rings. The number of benzene rings is 1. The number of carboxylic acids is 1. The van der Waals surface area contributed by atoms with E-state index < -0.39 is 5.97 Å². The van der Waals surface area contributed by atoms with Crippen molar-refractivity contribution in [1.82, 2.24) is 9.38 Å². The highest BCUT2D eigenvalue weighted by Crippen LogP contribution is 2.18. The molecule has 2 heterocycles. The van der Waals surface area contributed by atoms with Crippen molar-refractivity contribution >= 4 is 34.4 Å². The summed E-state index contributed by atoms with van der Waals surface area (Å²) >= 11 is 0.972. The Hall–Kier alpha value is -2.93. The molecule has 25 heavy (non-hydrogen) atoms. The summed E-state index contributed by atoms with van der Waals surface area (Å²) in [6.07, 6.45) is 4.91. The summed E-state index contributed by atoms with van der Waals surface area (Å²) in [6.45, 7) is 4.19. The Balaban J connectivity index is 2.01. The van der Waals surface area contributed by atoms with Crippen molar-refractivity contribution in [3.05, 3.63) is 62.5 Å². The Bertz CT molecular complexity index is 1030. The lowest BCUT2D eigenvalue weighted by Crippen LogP contribution is -2.17. The second-order valence-electron chi connectivity index (χ2n) is 5.32. The number of fused-ring (bicyclic) bond motifs is 1. The average Bonchev–Trinajstić information content (AvgIpc) is 3.02. The van der Waals surface area contributed by atoms with Gasteiger partial charge in [0.2, 0.25) is 0 Å². The van der Waals surface area contributed by atoms with Gasteiger partial charge in [-0.3, -0.25) is 9.20 Å². The van der Waals surface area contributed by atoms with E-state index in [1.165, 1.54) is 10.6 Å². The molecule has 0 spiro atoms. The van der Waals surface area contributed by atoms with Crippen molar-refractivity contribution in [3.63, 3.8) is 0 Å². The van der Waals surface area contributed by atoms with Gasteiger partial charge in [0.1, 0.15) is 10.6 Å². The van der Waals surface area contributed by atoms with E-state index in [1.54, 1.807) is 13.0 Å². The summed E-state index contributed by atoms with van der Waals surface area (Å²) in [6, 6.07) is 7.59. The molecule has 6 nitrogen and oxygen atoms in total. The van der Waals surface area contributed by atoms with Gasteiger partial charge in [-0.15, -0.1) is 0 Å². The van der Waals surface area contributed by atoms with Gasteiger partial charge < -0.3 is 9.84 Å². The van der Waals surface area contributed by atoms with Crippen LogP contribution in [0, 0.1) is 6.92 Å². The zero-order valence-corrected chi connectivity index (χ0v) is 14.5. The first-order valence-corrected chi connectivity index (χ1v) is 8.48. The normalized spacial score (nSPS) is 11.3. The Kier molecular flexibility index (Phi) is 4.67. The lowest BCUT2D eigenvalue weighted by atomic mass is 10.1. The van der Waals surface area contributed by atoms with Crippen molar-refractivity contribution in [2.45, 2.75) is 13.8 Å². The largest absolute Gasteiger partial charge is 0.494 e. The van der Waals surface area contributed by atoms with Crippen molar-refractivity contribution in [2.24, 2.45) is 0 Å². The third-order valence-electron chi connectivity index (χ3n) is 3.61. The minimum absolute atomic E-state index is 0.0783. The molecule has 0 aliphatic heterocycles. The van der Waals surface area contributed by atoms with Crippen LogP contribution in [0.25, 0.3) is 17.1 Å². The van der Waals surface area contributed by atoms with Crippen LogP contribution in [0.3, 0.4) is 0 Å². The lowest BCUT2D eigenvalue weighted by Gasteiger charge is -2.03. The summed E-state index contributed by atoms with van der Waals surface area (Å²) in [4.78, 5) is 28.4. The number of hydrogen-bond acceptors (Lipinski definition) is 5. The Morgan fingerprint density at radius 3 is 2.92 bits per heavy atom. The third kappa shape index (κ3) is 3.46. The molecule has 2 aromatic heterocycles. The standard InChI is InChI=1S/C18H16N2O4S/c1-3-24-13-6-4-5-12(9-13)7-8-14-11(2)16(21)20-10-15(17(22)23)25-18(20)19-14/h4-10H,3H2,1-2H3,(H,22,23). The minimum atomic E-state index is -1.07. The van der Waals surface area contributed by atoms with E-state index in [1.807, 2.05) is 37.3 Å². The molecule has 0 unspecified atom stereocenters. The maximum Gasteiger partial charge on any atom is 0.347 e. The van der Waals surface area contributed by atoms with E-state index in [0.717, 1.165) is 22.6 Å². The van der Waals surface area contributed by atoms with Gasteiger partial charge in [0.25, 0.3) is 5.56 Å². The predicted molar refractivity (Wildman–Crippen MR) is 97.6 cm³/mol. The van der Waals surface area contributed by atoms with Gasteiger partial charge >= 0.3 is 5.97 Å². The molecule has 0 atom stereocenters. The number of rotatable bonds is 5. The van der Waals surface area contributed by atoms with Crippen LogP contribution >= 0.6 is 11.3 Å². The van der Waals surface area contributed by atoms with Gasteiger partial charge in [0, 0.05) is 11.8 Å². The number of carbonyl (C=O) groups is 1. The topological polar surface area (TPSA) is 80.9 Å². The van der Waals surface area contributed by atoms with E-state index in [-0.39, 0.29) is 10.4 Å². The van der Waals surface area contributed by atoms with Crippen molar-refractivity contribution in [3.8, 4) is 5.75 Å². The van der Waals surface area contributed by atoms with Crippen LogP contribution in [-0.4, -0.2) is 27.1 Å². The summed E-state index contributed by atoms with van der Waals surface area (Å²) in [5, 5.41) is 9.08. The number of carboxylic acid groups (broad SMARTS) is 1. The van der Waals surface area contributed by atoms with Crippen molar-refractivity contribution in [1.29, 1.82) is 0 Å². The molecular formula is C18H16N2O4S. The average molecular weight is 356 g/mol. The van der Waals surface area contributed by atoms with Gasteiger partial charge in [-0.25, -0.2) is 9.78 Å². The smallest absolute Gasteiger partial charge is 0.347 e. The number of hydrogen-bond donors (Lipinski definition) is 1. The first-order chi connectivity index (χ1) is 12.0. The molecule has 1 aromatic carbocycles. The van der Waals surface area contributed by atoms with Crippen LogP contribution in [0.1, 0.15) is 33.4 Å². The second kappa shape index (κ2) is 6.90. The minimum Gasteiger partial charge on any atom is -0.494 e. The maximum atomic E-state index is 12.4. The molecule has 1 N–H and O–H groups in total. The highest BCUT2D eigenvalue weighted by Gasteiger charge is 2.13. The van der Waals surface area contributed by atoms with Crippen LogP contribution < -0.4 is 10.3 Å². The third-order valence-corrected chi connectivity index (χ3v) is 4.58. The summed E-state index contributed by atoms with van der Waals surface area (Å²) in [5.41, 5.74) is 1.64. The van der Waals surface area contributed by atoms with Gasteiger partial charge in [0.15, 0.2) is 4.96 Å². The Morgan fingerprint density at radius 2 is 2.20 bits per heavy atom. The number of aromatic nitrogens is 2. The highest BCUT2D eigenvalue weighted by molar-refractivity contribution is 7.18. The molecule has 0 saturated carbocycles. The fraction of sp³-hybridized carbons (Fsp3) is 0.167. The molecular weight excluding hydrogens is 340 g/mol. The van der Waals surface area contributed by atoms with E-state index in [4.69, 9.17) is 9.84 Å². The fourth-order valence-electron chi connectivity index (χ4n) is 2.36. The Morgan fingerprint density at radius 1 is 1.40 bits per heavy atom. The summed E-state index contributed by atoms with van der Waals surface area (Å²) in [5.74, 6) is -0.299. The molecule has 0 aliphatic rings. The van der Waals surface area contributed by atoms with Gasteiger partial charge in [-0.05, 0) is 37.6 Å². The molecule has 7 heteroatoms. The maximum absolute atomic E-state index is 12.4. The monoisotopic (exact) mass is 356 g/mol. The zero-order valence-electron chi connectivity index (χ0n) is 13.7. The molecule has 0 aliphatic carbocycles. The number of thiazole rings is 1. The first kappa shape index (κ1) is 16.9. The van der Waals surface area contributed by atoms with Gasteiger partial charge in [-0.1, -0.05) is 29.5 Å². The predicted octanol–water partition coefficient (Wildman–Crippen LogP) is 3.33. The number of aromatic carboxylic acids is 1. The van der Waals surface area contributed by atoms with Crippen molar-refractivity contribution < 1.29 is 14.6 Å². The highest BCUT2D eigenvalue weighted by atomic mass is 32.1. The molecule has 128 valence electrons. The lowest BCUT2D eigenvalue weighted by molar-refractivity contribution is 0.0701. The van der Waals surface area contributed by atoms with Gasteiger partial charge in [-0.2, -0.15) is 0 Å². The zero-order chi connectivity index (χ0) is 18.0. The quantitative estimate of drug-likeness (QED) is 0.758. The number of ether oxygens (including phenoxy) is 1. The molecule has 3 aromatic rings. The van der Waals surface area contributed by atoms with Crippen LogP contribution in [0.15, 0.2) is 35.3 Å². The van der Waals surface area contributed by atoms with E-state index >= 15 is 0 Å². The Labute approximate surface area is 147 Å². The van der Waals surface area contributed by atoms with E-state index in [2.05, 4.69) is 4.98 Å². The SMILES string of the molecule is CCOc1cccc(C=Cc2nc3sc(C(=O)O)cn3c(=O)c2C)c1. The molecule has 0 radical (unpaired) electrons. The number of nitrogens with zero attached hydrogens (tertiary/aromatic N) is 2. The fourth-order valence-corrected chi connectivity index (χ4v) is 3.18. The molecule has 0 saturated heterocycles. The molecule has 0 amide bonds. The van der Waals surface area contributed by atoms with Crippen LogP contribution in [0.4, 0.5) is 0 Å². The second-order valence-corrected chi connectivity index (χ2v) is 6.33. The summed E-state index contributed by atoms with van der Waals surface area (Å²) < 4.78 is 6.74. The molecule has 3 rings (SSSR count). The van der Waals surface area contributed by atoms with Crippen LogP contribution in [-0.2, 0) is 0 Å². The molecule has 0 bridgehead atoms. The van der Waals surface area contributed by atoms with E-state index in [0.29, 0.717) is 22.8 Å². The summed E-state index contributed by atoms with van der Waals surface area (Å²) in [7, 11) is 0. The van der Waals surface area contributed by atoms with Crippen LogP contribution in [0.2, 0.25) is 0 Å². The van der Waals surface area contributed by atoms with Gasteiger partial charge in [0.05, 0.1) is 12.3 Å².